The molecule has 1 unspecified atom stereocenters. The Kier molecular flexibility index (Phi) is 10.1. The van der Waals surface area contributed by atoms with E-state index in [-0.39, 0.29) is 35.8 Å². The van der Waals surface area contributed by atoms with Crippen LogP contribution in [0.25, 0.3) is 0 Å². The van der Waals surface area contributed by atoms with Crippen LogP contribution in [-0.2, 0) is 24.4 Å². The van der Waals surface area contributed by atoms with E-state index in [1.165, 1.54) is 16.7 Å². The normalized spacial score (nSPS) is 17.3. The van der Waals surface area contributed by atoms with E-state index in [9.17, 15) is 4.79 Å². The number of aliphatic imine (C=N–C) groups is 1. The molecule has 164 valence electrons. The smallest absolute Gasteiger partial charge is 0.221 e. The van der Waals surface area contributed by atoms with E-state index < -0.39 is 0 Å². The Labute approximate surface area is 200 Å². The van der Waals surface area contributed by atoms with Crippen molar-refractivity contribution in [3.05, 3.63) is 57.8 Å². The molecule has 30 heavy (non-hydrogen) atoms. The molecule has 0 saturated carbocycles. The number of rotatable bonds is 7. The van der Waals surface area contributed by atoms with Gasteiger partial charge in [-0.25, -0.2) is 0 Å². The van der Waals surface area contributed by atoms with Crippen LogP contribution < -0.4 is 11.1 Å². The van der Waals surface area contributed by atoms with Crippen molar-refractivity contribution in [1.82, 2.24) is 15.1 Å². The molecule has 1 fully saturated rings. The monoisotopic (exact) mass is 541 g/mol. The summed E-state index contributed by atoms with van der Waals surface area (Å²) in [4.78, 5) is 20.4. The molecule has 3 N–H and O–H groups in total. The zero-order valence-electron chi connectivity index (χ0n) is 17.7. The number of nitrogens with one attached hydrogen (secondary N) is 1. The Balaban J connectivity index is 0.00000320. The van der Waals surface area contributed by atoms with Gasteiger partial charge in [0, 0.05) is 40.3 Å². The van der Waals surface area contributed by atoms with E-state index in [1.807, 2.05) is 7.05 Å². The van der Waals surface area contributed by atoms with Crippen LogP contribution in [0, 0.1) is 5.92 Å². The fourth-order valence-corrected chi connectivity index (χ4v) is 4.48. The van der Waals surface area contributed by atoms with Crippen LogP contribution in [0.5, 0.6) is 0 Å². The molecule has 1 saturated heterocycles. The van der Waals surface area contributed by atoms with Gasteiger partial charge >= 0.3 is 0 Å². The number of nitrogens with two attached hydrogens (primary N) is 1. The Bertz CT molecular complexity index is 827. The van der Waals surface area contributed by atoms with E-state index >= 15 is 0 Å². The van der Waals surface area contributed by atoms with Crippen molar-refractivity contribution in [2.45, 2.75) is 32.5 Å². The second-order valence-electron chi connectivity index (χ2n) is 7.69. The Morgan fingerprint density at radius 3 is 2.83 bits per heavy atom. The lowest BCUT2D eigenvalue weighted by atomic mass is 9.97. The summed E-state index contributed by atoms with van der Waals surface area (Å²) in [6.07, 6.45) is 1.94. The molecule has 2 aromatic rings. The number of likely N-dealkylation sites (tertiary alicyclic amines) is 1. The van der Waals surface area contributed by atoms with Gasteiger partial charge in [-0.15, -0.1) is 24.0 Å². The maximum atomic E-state index is 11.5. The van der Waals surface area contributed by atoms with Crippen molar-refractivity contribution in [2.24, 2.45) is 16.6 Å². The summed E-state index contributed by atoms with van der Waals surface area (Å²) in [5.74, 6) is 0.684. The molecule has 8 heteroatoms. The third-order valence-corrected chi connectivity index (χ3v) is 6.06. The molecular formula is C22H32IN5OS. The first-order valence-electron chi connectivity index (χ1n) is 10.1. The molecule has 1 atom stereocenters. The van der Waals surface area contributed by atoms with Crippen LogP contribution in [0.4, 0.5) is 0 Å². The van der Waals surface area contributed by atoms with Gasteiger partial charge in [0.15, 0.2) is 5.96 Å². The van der Waals surface area contributed by atoms with Gasteiger partial charge in [-0.2, -0.15) is 11.3 Å². The third kappa shape index (κ3) is 7.24. The maximum absolute atomic E-state index is 11.5. The summed E-state index contributed by atoms with van der Waals surface area (Å²) in [6, 6.07) is 10.7. The van der Waals surface area contributed by atoms with Gasteiger partial charge in [0.2, 0.25) is 5.91 Å². The number of carbonyl (C=O) groups is 1. The first kappa shape index (κ1) is 24.6. The van der Waals surface area contributed by atoms with Gasteiger partial charge in [-0.1, -0.05) is 24.3 Å². The fraction of sp³-hybridized carbons (Fsp3) is 0.455. The van der Waals surface area contributed by atoms with Crippen LogP contribution in [0.1, 0.15) is 29.5 Å². The van der Waals surface area contributed by atoms with E-state index in [0.717, 1.165) is 51.5 Å². The number of primary amides is 1. The van der Waals surface area contributed by atoms with E-state index in [4.69, 9.17) is 5.73 Å². The van der Waals surface area contributed by atoms with Gasteiger partial charge in [-0.05, 0) is 52.9 Å². The lowest BCUT2D eigenvalue weighted by molar-refractivity contribution is -0.123. The van der Waals surface area contributed by atoms with Gasteiger partial charge < -0.3 is 16.0 Å². The SMILES string of the molecule is CN=C(NCc1cccc(CN2CCCC(C(N)=O)C2)c1)N(C)Cc1ccsc1.I. The number of piperidine rings is 1. The average molecular weight is 542 g/mol. The largest absolute Gasteiger partial charge is 0.369 e. The first-order valence-corrected chi connectivity index (χ1v) is 11.0. The van der Waals surface area contributed by atoms with Gasteiger partial charge in [0.1, 0.15) is 0 Å². The van der Waals surface area contributed by atoms with Crippen molar-refractivity contribution >= 4 is 47.2 Å². The first-order chi connectivity index (χ1) is 14.0. The molecule has 6 nitrogen and oxygen atoms in total. The van der Waals surface area contributed by atoms with Crippen LogP contribution in [0.15, 0.2) is 46.1 Å². The molecule has 1 amide bonds. The van der Waals surface area contributed by atoms with Crippen molar-refractivity contribution in [3.8, 4) is 0 Å². The number of guanidine groups is 1. The third-order valence-electron chi connectivity index (χ3n) is 5.33. The van der Waals surface area contributed by atoms with Crippen molar-refractivity contribution in [3.63, 3.8) is 0 Å². The predicted molar refractivity (Wildman–Crippen MR) is 135 cm³/mol. The molecule has 1 aromatic carbocycles. The minimum Gasteiger partial charge on any atom is -0.369 e. The maximum Gasteiger partial charge on any atom is 0.221 e. The predicted octanol–water partition coefficient (Wildman–Crippen LogP) is 3.27. The highest BCUT2D eigenvalue weighted by molar-refractivity contribution is 14.0. The highest BCUT2D eigenvalue weighted by Gasteiger charge is 2.23. The summed E-state index contributed by atoms with van der Waals surface area (Å²) in [7, 11) is 3.86. The quantitative estimate of drug-likeness (QED) is 0.321. The van der Waals surface area contributed by atoms with Gasteiger partial charge in [-0.3, -0.25) is 14.7 Å². The standard InChI is InChI=1S/C22H31N5OS.HI/c1-24-22(26(2)13-19-8-10-29-16-19)25-12-17-5-3-6-18(11-17)14-27-9-4-7-20(15-27)21(23)28;/h3,5-6,8,10-11,16,20H,4,7,9,12-15H2,1-2H3,(H2,23,28)(H,24,25);1H. The number of hydrogen-bond donors (Lipinski definition) is 2. The van der Waals surface area contributed by atoms with Gasteiger partial charge in [0.25, 0.3) is 0 Å². The number of carbonyl (C=O) groups excluding carboxylic acids is 1. The zero-order valence-corrected chi connectivity index (χ0v) is 20.9. The van der Waals surface area contributed by atoms with E-state index in [0.29, 0.717) is 0 Å². The highest BCUT2D eigenvalue weighted by Crippen LogP contribution is 2.19. The second-order valence-corrected chi connectivity index (χ2v) is 8.47. The van der Waals surface area contributed by atoms with Crippen molar-refractivity contribution < 1.29 is 4.79 Å². The lowest BCUT2D eigenvalue weighted by Crippen LogP contribution is -2.40. The summed E-state index contributed by atoms with van der Waals surface area (Å²) < 4.78 is 0. The number of thiophene rings is 1. The lowest BCUT2D eigenvalue weighted by Gasteiger charge is -2.31. The minimum absolute atomic E-state index is 0. The summed E-state index contributed by atoms with van der Waals surface area (Å²) >= 11 is 1.71. The summed E-state index contributed by atoms with van der Waals surface area (Å²) in [6.45, 7) is 4.19. The molecule has 0 radical (unpaired) electrons. The van der Waals surface area contributed by atoms with Crippen LogP contribution in [0.2, 0.25) is 0 Å². The van der Waals surface area contributed by atoms with Crippen molar-refractivity contribution in [1.29, 1.82) is 0 Å². The Morgan fingerprint density at radius 1 is 1.33 bits per heavy atom. The Hall–Kier alpha value is -1.65. The minimum atomic E-state index is -0.175. The van der Waals surface area contributed by atoms with Crippen LogP contribution in [-0.4, -0.2) is 48.9 Å². The molecule has 0 spiro atoms. The molecule has 0 aliphatic carbocycles. The molecular weight excluding hydrogens is 509 g/mol. The topological polar surface area (TPSA) is 74.0 Å². The molecule has 2 heterocycles. The molecule has 3 rings (SSSR count). The average Bonchev–Trinajstić information content (AvgIpc) is 3.22. The fourth-order valence-electron chi connectivity index (χ4n) is 3.82. The van der Waals surface area contributed by atoms with E-state index in [2.05, 4.69) is 68.2 Å². The number of benzene rings is 1. The van der Waals surface area contributed by atoms with E-state index in [1.54, 1.807) is 11.3 Å². The zero-order chi connectivity index (χ0) is 20.6. The van der Waals surface area contributed by atoms with Crippen LogP contribution >= 0.6 is 35.3 Å². The number of nitrogens with zero attached hydrogens (tertiary/aromatic N) is 3. The second kappa shape index (κ2) is 12.3. The molecule has 1 aliphatic heterocycles. The number of amides is 1. The number of hydrogen-bond acceptors (Lipinski definition) is 4. The van der Waals surface area contributed by atoms with Gasteiger partial charge in [0.05, 0.1) is 5.92 Å². The summed E-state index contributed by atoms with van der Waals surface area (Å²) in [5, 5.41) is 7.71. The highest BCUT2D eigenvalue weighted by atomic mass is 127. The summed E-state index contributed by atoms with van der Waals surface area (Å²) in [5.41, 5.74) is 9.28. The molecule has 0 bridgehead atoms. The number of halogens is 1. The molecule has 1 aliphatic rings. The van der Waals surface area contributed by atoms with Crippen LogP contribution in [0.3, 0.4) is 0 Å². The van der Waals surface area contributed by atoms with Crippen molar-refractivity contribution in [2.75, 3.05) is 27.2 Å². The molecule has 1 aromatic heterocycles. The Morgan fingerprint density at radius 2 is 2.13 bits per heavy atom.